The van der Waals surface area contributed by atoms with Gasteiger partial charge in [0.15, 0.2) is 6.10 Å². The van der Waals surface area contributed by atoms with Crippen molar-refractivity contribution in [2.45, 2.75) is 20.0 Å². The maximum absolute atomic E-state index is 13.0. The van der Waals surface area contributed by atoms with E-state index in [1.54, 1.807) is 25.1 Å². The molecule has 1 amide bonds. The number of amides is 1. The van der Waals surface area contributed by atoms with Gasteiger partial charge in [-0.2, -0.15) is 0 Å². The van der Waals surface area contributed by atoms with Gasteiger partial charge in [-0.1, -0.05) is 66.2 Å². The van der Waals surface area contributed by atoms with Gasteiger partial charge in [-0.15, -0.1) is 0 Å². The number of nitrogens with one attached hydrogen (secondary N) is 1. The Morgan fingerprint density at radius 3 is 2.32 bits per heavy atom. The average molecular weight is 410 g/mol. The first-order valence-corrected chi connectivity index (χ1v) is 10.0. The minimum absolute atomic E-state index is 0.375. The number of pyridine rings is 1. The van der Waals surface area contributed by atoms with Crippen LogP contribution >= 0.6 is 0 Å². The third-order valence-corrected chi connectivity index (χ3v) is 4.98. The second kappa shape index (κ2) is 8.79. The van der Waals surface area contributed by atoms with E-state index in [0.717, 1.165) is 11.1 Å². The quantitative estimate of drug-likeness (QED) is 0.448. The van der Waals surface area contributed by atoms with Crippen molar-refractivity contribution in [3.63, 3.8) is 0 Å². The highest BCUT2D eigenvalue weighted by Gasteiger charge is 2.21. The lowest BCUT2D eigenvalue weighted by atomic mass is 10.0. The molecule has 0 saturated carbocycles. The zero-order chi connectivity index (χ0) is 21.8. The minimum Gasteiger partial charge on any atom is -0.449 e. The van der Waals surface area contributed by atoms with Gasteiger partial charge in [0.05, 0.1) is 16.8 Å². The van der Waals surface area contributed by atoms with Gasteiger partial charge >= 0.3 is 5.97 Å². The predicted octanol–water partition coefficient (Wildman–Crippen LogP) is 5.39. The monoisotopic (exact) mass is 410 g/mol. The molecule has 0 spiro atoms. The first-order chi connectivity index (χ1) is 15.0. The summed E-state index contributed by atoms with van der Waals surface area (Å²) in [5, 5.41) is 3.43. The Morgan fingerprint density at radius 1 is 0.903 bits per heavy atom. The zero-order valence-electron chi connectivity index (χ0n) is 17.3. The van der Waals surface area contributed by atoms with Crippen LogP contribution in [0.15, 0.2) is 84.9 Å². The number of fused-ring (bicyclic) bond motifs is 1. The summed E-state index contributed by atoms with van der Waals surface area (Å²) in [5.41, 5.74) is 4.43. The number of carbonyl (C=O) groups is 2. The smallest absolute Gasteiger partial charge is 0.339 e. The molecule has 1 atom stereocenters. The van der Waals surface area contributed by atoms with Crippen LogP contribution in [0.25, 0.3) is 22.2 Å². The van der Waals surface area contributed by atoms with Gasteiger partial charge in [0.25, 0.3) is 5.91 Å². The molecule has 1 N–H and O–H groups in total. The molecule has 4 aromatic rings. The molecule has 5 heteroatoms. The summed E-state index contributed by atoms with van der Waals surface area (Å²) in [7, 11) is 0. The Balaban J connectivity index is 1.62. The van der Waals surface area contributed by atoms with E-state index >= 15 is 0 Å². The van der Waals surface area contributed by atoms with Crippen molar-refractivity contribution in [2.75, 3.05) is 5.32 Å². The van der Waals surface area contributed by atoms with E-state index in [0.29, 0.717) is 27.8 Å². The van der Waals surface area contributed by atoms with Crippen LogP contribution in [-0.4, -0.2) is 23.0 Å². The van der Waals surface area contributed by atoms with Crippen molar-refractivity contribution in [1.29, 1.82) is 0 Å². The second-order valence-corrected chi connectivity index (χ2v) is 7.34. The largest absolute Gasteiger partial charge is 0.449 e. The molecule has 154 valence electrons. The van der Waals surface area contributed by atoms with Gasteiger partial charge in [-0.05, 0) is 38.1 Å². The van der Waals surface area contributed by atoms with E-state index in [9.17, 15) is 9.59 Å². The Hall–Kier alpha value is -3.99. The third kappa shape index (κ3) is 4.61. The van der Waals surface area contributed by atoms with Crippen LogP contribution in [-0.2, 0) is 9.53 Å². The standard InChI is InChI=1S/C26H22N2O3/c1-17-12-14-19(15-13-17)24-16-22(21-10-6-7-11-23(21)28-24)26(30)31-18(2)25(29)27-20-8-4-3-5-9-20/h3-16,18H,1-2H3,(H,27,29)/t18-/m1/s1. The number of ether oxygens (including phenoxy) is 1. The maximum Gasteiger partial charge on any atom is 0.339 e. The van der Waals surface area contributed by atoms with Crippen LogP contribution in [0.4, 0.5) is 5.69 Å². The number of hydrogen-bond acceptors (Lipinski definition) is 4. The predicted molar refractivity (Wildman–Crippen MR) is 122 cm³/mol. The number of aryl methyl sites for hydroxylation is 1. The summed E-state index contributed by atoms with van der Waals surface area (Å²) in [6.07, 6.45) is -0.956. The highest BCUT2D eigenvalue weighted by molar-refractivity contribution is 6.06. The highest BCUT2D eigenvalue weighted by atomic mass is 16.5. The molecule has 4 rings (SSSR count). The van der Waals surface area contributed by atoms with Crippen molar-refractivity contribution in [3.8, 4) is 11.3 Å². The first kappa shape index (κ1) is 20.3. The highest BCUT2D eigenvalue weighted by Crippen LogP contribution is 2.26. The number of rotatable bonds is 5. The van der Waals surface area contributed by atoms with Gasteiger partial charge in [0, 0.05) is 16.6 Å². The van der Waals surface area contributed by atoms with Crippen LogP contribution in [0.5, 0.6) is 0 Å². The Kier molecular flexibility index (Phi) is 5.76. The maximum atomic E-state index is 13.0. The summed E-state index contributed by atoms with van der Waals surface area (Å²) in [6.45, 7) is 3.57. The van der Waals surface area contributed by atoms with E-state index in [2.05, 4.69) is 5.32 Å². The van der Waals surface area contributed by atoms with Crippen LogP contribution in [0.2, 0.25) is 0 Å². The Morgan fingerprint density at radius 2 is 1.58 bits per heavy atom. The van der Waals surface area contributed by atoms with Gasteiger partial charge in [0.2, 0.25) is 0 Å². The van der Waals surface area contributed by atoms with Gasteiger partial charge in [0.1, 0.15) is 0 Å². The summed E-state index contributed by atoms with van der Waals surface area (Å²) in [6, 6.07) is 26.1. The lowest BCUT2D eigenvalue weighted by molar-refractivity contribution is -0.123. The van der Waals surface area contributed by atoms with Crippen molar-refractivity contribution < 1.29 is 14.3 Å². The number of carbonyl (C=O) groups excluding carboxylic acids is 2. The molecular weight excluding hydrogens is 388 g/mol. The van der Waals surface area contributed by atoms with Crippen molar-refractivity contribution in [1.82, 2.24) is 4.98 Å². The molecule has 0 bridgehead atoms. The van der Waals surface area contributed by atoms with Crippen molar-refractivity contribution >= 4 is 28.5 Å². The molecule has 31 heavy (non-hydrogen) atoms. The van der Waals surface area contributed by atoms with Crippen molar-refractivity contribution in [2.24, 2.45) is 0 Å². The molecule has 0 unspecified atom stereocenters. The second-order valence-electron chi connectivity index (χ2n) is 7.34. The third-order valence-electron chi connectivity index (χ3n) is 4.98. The summed E-state index contributed by atoms with van der Waals surface area (Å²) >= 11 is 0. The molecule has 0 radical (unpaired) electrons. The van der Waals surface area contributed by atoms with Gasteiger partial charge < -0.3 is 10.1 Å². The molecule has 5 nitrogen and oxygen atoms in total. The molecule has 0 saturated heterocycles. The molecule has 0 aliphatic rings. The van der Waals surface area contributed by atoms with E-state index in [1.807, 2.05) is 73.7 Å². The minimum atomic E-state index is -0.956. The fraction of sp³-hybridized carbons (Fsp3) is 0.115. The fourth-order valence-electron chi connectivity index (χ4n) is 3.26. The lowest BCUT2D eigenvalue weighted by Gasteiger charge is -2.15. The Bertz CT molecular complexity index is 1230. The number of benzene rings is 3. The average Bonchev–Trinajstić information content (AvgIpc) is 2.79. The van der Waals surface area contributed by atoms with E-state index in [-0.39, 0.29) is 0 Å². The molecule has 1 heterocycles. The summed E-state index contributed by atoms with van der Waals surface area (Å²) < 4.78 is 5.51. The normalized spacial score (nSPS) is 11.7. The number of hydrogen-bond donors (Lipinski definition) is 1. The fourth-order valence-corrected chi connectivity index (χ4v) is 3.26. The van der Waals surface area contributed by atoms with Gasteiger partial charge in [-0.3, -0.25) is 4.79 Å². The van der Waals surface area contributed by atoms with E-state index in [4.69, 9.17) is 9.72 Å². The van der Waals surface area contributed by atoms with Gasteiger partial charge in [-0.25, -0.2) is 9.78 Å². The SMILES string of the molecule is Cc1ccc(-c2cc(C(=O)O[C@H](C)C(=O)Nc3ccccc3)c3ccccc3n2)cc1. The summed E-state index contributed by atoms with van der Waals surface area (Å²) in [4.78, 5) is 30.2. The van der Waals surface area contributed by atoms with Crippen LogP contribution in [0.3, 0.4) is 0 Å². The molecule has 3 aromatic carbocycles. The van der Waals surface area contributed by atoms with Crippen LogP contribution in [0.1, 0.15) is 22.8 Å². The molecular formula is C26H22N2O3. The lowest BCUT2D eigenvalue weighted by Crippen LogP contribution is -2.30. The number of aromatic nitrogens is 1. The first-order valence-electron chi connectivity index (χ1n) is 10.0. The van der Waals surface area contributed by atoms with Crippen molar-refractivity contribution in [3.05, 3.63) is 96.1 Å². The number of para-hydroxylation sites is 2. The summed E-state index contributed by atoms with van der Waals surface area (Å²) in [5.74, 6) is -0.959. The van der Waals surface area contributed by atoms with E-state index < -0.39 is 18.0 Å². The zero-order valence-corrected chi connectivity index (χ0v) is 17.3. The molecule has 0 aliphatic heterocycles. The molecule has 0 fully saturated rings. The van der Waals surface area contributed by atoms with E-state index in [1.165, 1.54) is 0 Å². The number of nitrogens with zero attached hydrogens (tertiary/aromatic N) is 1. The topological polar surface area (TPSA) is 68.3 Å². The van der Waals surface area contributed by atoms with Crippen LogP contribution in [0, 0.1) is 6.92 Å². The number of esters is 1. The number of anilines is 1. The van der Waals surface area contributed by atoms with Crippen LogP contribution < -0.4 is 5.32 Å². The molecule has 1 aromatic heterocycles. The Labute approximate surface area is 180 Å². The molecule has 0 aliphatic carbocycles.